The van der Waals surface area contributed by atoms with Crippen LogP contribution in [0.3, 0.4) is 0 Å². The Morgan fingerprint density at radius 1 is 0.966 bits per heavy atom. The van der Waals surface area contributed by atoms with Gasteiger partial charge in [-0.25, -0.2) is 9.97 Å². The first kappa shape index (κ1) is 18.6. The Morgan fingerprint density at radius 3 is 2.59 bits per heavy atom. The summed E-state index contributed by atoms with van der Waals surface area (Å²) in [5.74, 6) is 0.117. The van der Waals surface area contributed by atoms with Crippen LogP contribution in [-0.2, 0) is 0 Å². The van der Waals surface area contributed by atoms with Gasteiger partial charge in [0.2, 0.25) is 5.95 Å². The Balaban J connectivity index is 1.58. The lowest BCUT2D eigenvalue weighted by atomic mass is 10.1. The number of hydrogen-bond donors (Lipinski definition) is 2. The van der Waals surface area contributed by atoms with E-state index in [0.717, 1.165) is 22.2 Å². The zero-order valence-corrected chi connectivity index (χ0v) is 16.3. The zero-order valence-electron chi connectivity index (χ0n) is 16.3. The molecule has 0 radical (unpaired) electrons. The molecular weight excluding hydrogens is 362 g/mol. The number of nitrogens with zero attached hydrogens (tertiary/aromatic N) is 3. The number of anilines is 2. The smallest absolute Gasteiger partial charge is 0.270 e. The Kier molecular flexibility index (Phi) is 5.16. The van der Waals surface area contributed by atoms with E-state index in [4.69, 9.17) is 0 Å². The monoisotopic (exact) mass is 383 g/mol. The first-order valence-corrected chi connectivity index (χ1v) is 9.42. The van der Waals surface area contributed by atoms with E-state index in [1.165, 1.54) is 0 Å². The highest BCUT2D eigenvalue weighted by Gasteiger charge is 2.15. The molecule has 144 valence electrons. The molecule has 2 aromatic heterocycles. The summed E-state index contributed by atoms with van der Waals surface area (Å²) < 4.78 is 0. The molecule has 4 rings (SSSR count). The van der Waals surface area contributed by atoms with Crippen LogP contribution < -0.4 is 10.6 Å². The van der Waals surface area contributed by atoms with Crippen molar-refractivity contribution in [3.05, 3.63) is 89.9 Å². The summed E-state index contributed by atoms with van der Waals surface area (Å²) in [5, 5.41) is 7.21. The maximum atomic E-state index is 12.8. The number of hydrogen-bond acceptors (Lipinski definition) is 5. The van der Waals surface area contributed by atoms with Gasteiger partial charge in [-0.15, -0.1) is 0 Å². The Morgan fingerprint density at radius 2 is 1.76 bits per heavy atom. The van der Waals surface area contributed by atoms with E-state index in [0.29, 0.717) is 17.3 Å². The molecule has 1 unspecified atom stereocenters. The third-order valence-corrected chi connectivity index (χ3v) is 4.61. The number of benzene rings is 2. The van der Waals surface area contributed by atoms with Crippen LogP contribution in [0.4, 0.5) is 11.6 Å². The normalized spacial score (nSPS) is 11.8. The highest BCUT2D eigenvalue weighted by atomic mass is 16.1. The number of rotatable bonds is 5. The number of pyridine rings is 1. The molecule has 0 aliphatic rings. The average molecular weight is 383 g/mol. The van der Waals surface area contributed by atoms with Crippen molar-refractivity contribution in [1.29, 1.82) is 0 Å². The minimum absolute atomic E-state index is 0.127. The summed E-state index contributed by atoms with van der Waals surface area (Å²) in [4.78, 5) is 26.0. The highest BCUT2D eigenvalue weighted by Crippen LogP contribution is 2.23. The third kappa shape index (κ3) is 4.21. The van der Waals surface area contributed by atoms with Gasteiger partial charge in [0, 0.05) is 17.3 Å². The Labute approximate surface area is 169 Å². The van der Waals surface area contributed by atoms with Crippen LogP contribution >= 0.6 is 0 Å². The summed E-state index contributed by atoms with van der Waals surface area (Å²) in [5.41, 5.74) is 3.66. The van der Waals surface area contributed by atoms with E-state index in [1.807, 2.05) is 74.5 Å². The van der Waals surface area contributed by atoms with Gasteiger partial charge in [0.05, 0.1) is 17.2 Å². The molecule has 0 spiro atoms. The van der Waals surface area contributed by atoms with Crippen molar-refractivity contribution in [2.45, 2.75) is 19.9 Å². The molecule has 0 aliphatic heterocycles. The van der Waals surface area contributed by atoms with E-state index < -0.39 is 0 Å². The molecule has 0 saturated carbocycles. The summed E-state index contributed by atoms with van der Waals surface area (Å²) >= 11 is 0. The van der Waals surface area contributed by atoms with E-state index in [2.05, 4.69) is 25.6 Å². The van der Waals surface area contributed by atoms with E-state index in [9.17, 15) is 4.79 Å². The Bertz CT molecular complexity index is 1150. The van der Waals surface area contributed by atoms with Crippen LogP contribution in [0.5, 0.6) is 0 Å². The number of fused-ring (bicyclic) bond motifs is 1. The molecule has 2 N–H and O–H groups in total. The predicted octanol–water partition coefficient (Wildman–Crippen LogP) is 4.57. The molecule has 29 heavy (non-hydrogen) atoms. The van der Waals surface area contributed by atoms with E-state index >= 15 is 0 Å². The quantitative estimate of drug-likeness (QED) is 0.528. The van der Waals surface area contributed by atoms with Crippen molar-refractivity contribution < 1.29 is 4.79 Å². The summed E-state index contributed by atoms with van der Waals surface area (Å²) in [6, 6.07) is 21.1. The lowest BCUT2D eigenvalue weighted by Gasteiger charge is -2.15. The molecule has 4 aromatic rings. The number of amides is 1. The second-order valence-corrected chi connectivity index (χ2v) is 6.83. The number of carbonyl (C=O) groups is 1. The van der Waals surface area contributed by atoms with Crippen LogP contribution in [0.1, 0.15) is 34.7 Å². The number of para-hydroxylation sites is 1. The minimum Gasteiger partial charge on any atom is -0.344 e. The van der Waals surface area contributed by atoms with Crippen LogP contribution in [-0.4, -0.2) is 20.9 Å². The van der Waals surface area contributed by atoms with Gasteiger partial charge in [-0.3, -0.25) is 9.78 Å². The zero-order chi connectivity index (χ0) is 20.2. The number of nitrogens with one attached hydrogen (secondary N) is 2. The molecule has 0 bridgehead atoms. The molecular formula is C23H21N5O. The lowest BCUT2D eigenvalue weighted by Crippen LogP contribution is -2.27. The summed E-state index contributed by atoms with van der Waals surface area (Å²) in [7, 11) is 0. The van der Waals surface area contributed by atoms with Gasteiger partial charge >= 0.3 is 0 Å². The van der Waals surface area contributed by atoms with Crippen molar-refractivity contribution >= 4 is 28.4 Å². The highest BCUT2D eigenvalue weighted by molar-refractivity contribution is 5.94. The van der Waals surface area contributed by atoms with Gasteiger partial charge in [0.1, 0.15) is 5.69 Å². The summed E-state index contributed by atoms with van der Waals surface area (Å²) in [6.07, 6.45) is 1.74. The average Bonchev–Trinajstić information content (AvgIpc) is 2.74. The van der Waals surface area contributed by atoms with Gasteiger partial charge in [0.25, 0.3) is 5.91 Å². The van der Waals surface area contributed by atoms with Crippen molar-refractivity contribution in [2.75, 3.05) is 5.32 Å². The first-order chi connectivity index (χ1) is 14.1. The molecule has 1 atom stereocenters. The Hall–Kier alpha value is -3.80. The molecule has 6 nitrogen and oxygen atoms in total. The lowest BCUT2D eigenvalue weighted by molar-refractivity contribution is 0.0934. The van der Waals surface area contributed by atoms with Crippen LogP contribution in [0.15, 0.2) is 72.9 Å². The van der Waals surface area contributed by atoms with Gasteiger partial charge in [0.15, 0.2) is 0 Å². The number of aryl methyl sites for hydroxylation is 1. The third-order valence-electron chi connectivity index (χ3n) is 4.61. The van der Waals surface area contributed by atoms with Gasteiger partial charge in [-0.1, -0.05) is 48.5 Å². The standard InChI is InChI=1S/C23H21N5O/c1-15-14-20(22(29)26-16(2)17-8-4-3-5-9-17)28-23(25-15)27-19-12-6-10-18-11-7-13-24-21(18)19/h3-14,16H,1-2H3,(H,26,29)(H,25,27,28). The molecule has 6 heteroatoms. The van der Waals surface area contributed by atoms with Gasteiger partial charge in [-0.05, 0) is 37.6 Å². The maximum Gasteiger partial charge on any atom is 0.270 e. The van der Waals surface area contributed by atoms with Crippen molar-refractivity contribution in [2.24, 2.45) is 0 Å². The second kappa shape index (κ2) is 8.06. The van der Waals surface area contributed by atoms with Crippen molar-refractivity contribution in [3.8, 4) is 0 Å². The minimum atomic E-state index is -0.244. The molecule has 2 heterocycles. The molecule has 0 fully saturated rings. The van der Waals surface area contributed by atoms with Gasteiger partial charge in [-0.2, -0.15) is 0 Å². The van der Waals surface area contributed by atoms with E-state index in [1.54, 1.807) is 12.3 Å². The largest absolute Gasteiger partial charge is 0.344 e. The topological polar surface area (TPSA) is 79.8 Å². The van der Waals surface area contributed by atoms with Crippen LogP contribution in [0.2, 0.25) is 0 Å². The fourth-order valence-corrected chi connectivity index (χ4v) is 3.16. The molecule has 0 aliphatic carbocycles. The SMILES string of the molecule is Cc1cc(C(=O)NC(C)c2ccccc2)nc(Nc2cccc3cccnc23)n1. The van der Waals surface area contributed by atoms with Crippen LogP contribution in [0, 0.1) is 6.92 Å². The second-order valence-electron chi connectivity index (χ2n) is 6.83. The maximum absolute atomic E-state index is 12.8. The van der Waals surface area contributed by atoms with Crippen molar-refractivity contribution in [1.82, 2.24) is 20.3 Å². The number of carbonyl (C=O) groups excluding carboxylic acids is 1. The first-order valence-electron chi connectivity index (χ1n) is 9.42. The molecule has 2 aromatic carbocycles. The molecule has 1 amide bonds. The number of aromatic nitrogens is 3. The van der Waals surface area contributed by atoms with Gasteiger partial charge < -0.3 is 10.6 Å². The van der Waals surface area contributed by atoms with Crippen LogP contribution in [0.25, 0.3) is 10.9 Å². The van der Waals surface area contributed by atoms with E-state index in [-0.39, 0.29) is 11.9 Å². The molecule has 0 saturated heterocycles. The van der Waals surface area contributed by atoms with Crippen molar-refractivity contribution in [3.63, 3.8) is 0 Å². The fourth-order valence-electron chi connectivity index (χ4n) is 3.16. The fraction of sp³-hybridized carbons (Fsp3) is 0.130. The predicted molar refractivity (Wildman–Crippen MR) is 114 cm³/mol. The summed E-state index contributed by atoms with van der Waals surface area (Å²) in [6.45, 7) is 3.79.